The van der Waals surface area contributed by atoms with Crippen LogP contribution < -0.4 is 0 Å². The lowest BCUT2D eigenvalue weighted by Crippen LogP contribution is -1.92. The first-order valence-corrected chi connectivity index (χ1v) is 2.88. The minimum absolute atomic E-state index is 0.138. The van der Waals surface area contributed by atoms with Gasteiger partial charge in [-0.05, 0) is 12.1 Å². The molecule has 0 aromatic carbocycles. The van der Waals surface area contributed by atoms with E-state index in [1.54, 1.807) is 0 Å². The van der Waals surface area contributed by atoms with Gasteiger partial charge in [-0.3, -0.25) is 0 Å². The summed E-state index contributed by atoms with van der Waals surface area (Å²) < 4.78 is 9.33. The topological polar surface area (TPSA) is 63.6 Å². The van der Waals surface area contributed by atoms with Crippen LogP contribution in [0.4, 0.5) is 0 Å². The maximum atomic E-state index is 10.3. The summed E-state index contributed by atoms with van der Waals surface area (Å²) in [7, 11) is 0. The average molecular weight is 154 g/mol. The second-order valence-corrected chi connectivity index (χ2v) is 1.69. The van der Waals surface area contributed by atoms with E-state index in [1.807, 2.05) is 0 Å². The molecule has 0 saturated carbocycles. The lowest BCUT2D eigenvalue weighted by atomic mass is 10.4. The minimum atomic E-state index is -1.11. The molecule has 4 heteroatoms. The van der Waals surface area contributed by atoms with Gasteiger partial charge in [0.25, 0.3) is 0 Å². The van der Waals surface area contributed by atoms with Crippen molar-refractivity contribution in [3.63, 3.8) is 0 Å². The second-order valence-electron chi connectivity index (χ2n) is 1.69. The summed E-state index contributed by atoms with van der Waals surface area (Å²) in [5.41, 5.74) is 0. The van der Waals surface area contributed by atoms with E-state index in [9.17, 15) is 4.79 Å². The average Bonchev–Trinajstić information content (AvgIpc) is 1.84. The molecule has 0 aliphatic carbocycles. The SMILES string of the molecule is O=C(O)c1cccocco1. The van der Waals surface area contributed by atoms with Gasteiger partial charge in [0.05, 0.1) is 6.26 Å². The number of rotatable bonds is 1. The smallest absolute Gasteiger partial charge is 0.371 e. The third kappa shape index (κ3) is 2.17. The Balaban J connectivity index is 3.12. The summed E-state index contributed by atoms with van der Waals surface area (Å²) >= 11 is 0. The summed E-state index contributed by atoms with van der Waals surface area (Å²) in [5, 5.41) is 8.45. The normalized spacial score (nSPS) is 8.73. The molecule has 0 bridgehead atoms. The Labute approximate surface area is 62.4 Å². The van der Waals surface area contributed by atoms with Gasteiger partial charge in [-0.15, -0.1) is 0 Å². The number of carbonyl (C=O) groups is 1. The fraction of sp³-hybridized carbons (Fsp3) is 0. The van der Waals surface area contributed by atoms with Gasteiger partial charge >= 0.3 is 5.97 Å². The summed E-state index contributed by atoms with van der Waals surface area (Å²) in [4.78, 5) is 10.3. The number of hydrogen-bond donors (Lipinski definition) is 1. The van der Waals surface area contributed by atoms with Crippen molar-refractivity contribution >= 4 is 5.97 Å². The van der Waals surface area contributed by atoms with E-state index < -0.39 is 5.97 Å². The van der Waals surface area contributed by atoms with Gasteiger partial charge in [0.2, 0.25) is 5.76 Å². The molecular formula is C7H6O4. The molecule has 0 amide bonds. The van der Waals surface area contributed by atoms with Crippen molar-refractivity contribution in [2.45, 2.75) is 0 Å². The zero-order chi connectivity index (χ0) is 8.10. The van der Waals surface area contributed by atoms with Crippen LogP contribution in [0.1, 0.15) is 10.6 Å². The van der Waals surface area contributed by atoms with Crippen LogP contribution in [0.5, 0.6) is 0 Å². The summed E-state index contributed by atoms with van der Waals surface area (Å²) in [6.45, 7) is 0. The maximum Gasteiger partial charge on any atom is 0.371 e. The molecule has 1 N–H and O–H groups in total. The highest BCUT2D eigenvalue weighted by Gasteiger charge is 1.99. The van der Waals surface area contributed by atoms with Gasteiger partial charge in [-0.1, -0.05) is 0 Å². The highest BCUT2D eigenvalue weighted by atomic mass is 16.4. The Morgan fingerprint density at radius 2 is 2.18 bits per heavy atom. The molecule has 0 aliphatic heterocycles. The molecule has 0 saturated heterocycles. The van der Waals surface area contributed by atoms with Gasteiger partial charge in [0.15, 0.2) is 0 Å². The Morgan fingerprint density at radius 3 is 2.91 bits per heavy atom. The largest absolute Gasteiger partial charge is 0.475 e. The van der Waals surface area contributed by atoms with Crippen LogP contribution >= 0.6 is 0 Å². The molecular weight excluding hydrogens is 148 g/mol. The second kappa shape index (κ2) is 3.46. The molecule has 0 spiro atoms. The molecule has 0 radical (unpaired) electrons. The molecule has 0 unspecified atom stereocenters. The quantitative estimate of drug-likeness (QED) is 0.668. The van der Waals surface area contributed by atoms with E-state index >= 15 is 0 Å². The van der Waals surface area contributed by atoms with E-state index in [2.05, 4.69) is 8.83 Å². The van der Waals surface area contributed by atoms with E-state index in [1.165, 1.54) is 24.7 Å². The zero-order valence-corrected chi connectivity index (χ0v) is 5.56. The van der Waals surface area contributed by atoms with Crippen LogP contribution in [0.3, 0.4) is 0 Å². The Bertz CT molecular complexity index is 263. The van der Waals surface area contributed by atoms with Crippen molar-refractivity contribution < 1.29 is 18.7 Å². The fourth-order valence-corrected chi connectivity index (χ4v) is 0.512. The first-order chi connectivity index (χ1) is 5.30. The van der Waals surface area contributed by atoms with Crippen molar-refractivity contribution in [2.24, 2.45) is 0 Å². The van der Waals surface area contributed by atoms with Crippen LogP contribution in [-0.4, -0.2) is 11.1 Å². The molecule has 1 aromatic rings. The number of carboxylic acids is 1. The molecule has 58 valence electrons. The molecule has 0 atom stereocenters. The summed E-state index contributed by atoms with van der Waals surface area (Å²) in [6, 6.07) is 2.73. The van der Waals surface area contributed by atoms with Crippen LogP contribution in [0, 0.1) is 0 Å². The molecule has 4 nitrogen and oxygen atoms in total. The van der Waals surface area contributed by atoms with Gasteiger partial charge < -0.3 is 13.9 Å². The van der Waals surface area contributed by atoms with Gasteiger partial charge in [-0.25, -0.2) is 4.79 Å². The first-order valence-electron chi connectivity index (χ1n) is 2.88. The van der Waals surface area contributed by atoms with E-state index in [4.69, 9.17) is 5.11 Å². The highest BCUT2D eigenvalue weighted by molar-refractivity contribution is 5.83. The van der Waals surface area contributed by atoms with Crippen molar-refractivity contribution in [1.29, 1.82) is 0 Å². The number of carboxylic acid groups (broad SMARTS) is 1. The molecule has 0 fully saturated rings. The summed E-state index contributed by atoms with van der Waals surface area (Å²) in [6.07, 6.45) is 3.75. The molecule has 0 aliphatic rings. The van der Waals surface area contributed by atoms with Crippen LogP contribution in [0.25, 0.3) is 0 Å². The molecule has 1 rings (SSSR count). The monoisotopic (exact) mass is 154 g/mol. The molecule has 1 aromatic heterocycles. The number of hydrogen-bond acceptors (Lipinski definition) is 3. The van der Waals surface area contributed by atoms with E-state index in [0.29, 0.717) is 0 Å². The first kappa shape index (κ1) is 7.40. The lowest BCUT2D eigenvalue weighted by Gasteiger charge is -1.86. The van der Waals surface area contributed by atoms with Crippen molar-refractivity contribution in [3.05, 3.63) is 36.7 Å². The Morgan fingerprint density at radius 1 is 1.36 bits per heavy atom. The standard InChI is InChI=1S/C7H6O4/c8-7(9)6-2-1-3-10-4-5-11-6/h1-5H,(H,8,9). The number of aromatic carboxylic acids is 1. The molecule has 1 heterocycles. The maximum absolute atomic E-state index is 10.3. The van der Waals surface area contributed by atoms with Crippen molar-refractivity contribution in [3.8, 4) is 0 Å². The Kier molecular flexibility index (Phi) is 2.32. The third-order valence-electron chi connectivity index (χ3n) is 0.945. The van der Waals surface area contributed by atoms with Crippen LogP contribution in [0.2, 0.25) is 0 Å². The van der Waals surface area contributed by atoms with Crippen LogP contribution in [-0.2, 0) is 0 Å². The summed E-state index contributed by atoms with van der Waals surface area (Å²) in [5.74, 6) is -1.25. The molecule has 11 heavy (non-hydrogen) atoms. The predicted molar refractivity (Wildman–Crippen MR) is 35.6 cm³/mol. The van der Waals surface area contributed by atoms with Gasteiger partial charge in [0, 0.05) is 0 Å². The van der Waals surface area contributed by atoms with Crippen molar-refractivity contribution in [2.75, 3.05) is 0 Å². The third-order valence-corrected chi connectivity index (χ3v) is 0.945. The fourth-order valence-electron chi connectivity index (χ4n) is 0.512. The van der Waals surface area contributed by atoms with E-state index in [0.717, 1.165) is 6.26 Å². The zero-order valence-electron chi connectivity index (χ0n) is 5.56. The van der Waals surface area contributed by atoms with Crippen molar-refractivity contribution in [1.82, 2.24) is 0 Å². The Hall–Kier alpha value is -1.71. The highest BCUT2D eigenvalue weighted by Crippen LogP contribution is 1.94. The lowest BCUT2D eigenvalue weighted by molar-refractivity contribution is 0.0660. The van der Waals surface area contributed by atoms with Gasteiger partial charge in [0.1, 0.15) is 12.5 Å². The van der Waals surface area contributed by atoms with Gasteiger partial charge in [-0.2, -0.15) is 0 Å². The van der Waals surface area contributed by atoms with Crippen LogP contribution in [0.15, 0.2) is 39.8 Å². The predicted octanol–water partition coefficient (Wildman–Crippen LogP) is 1.70. The minimum Gasteiger partial charge on any atom is -0.475 e. The van der Waals surface area contributed by atoms with E-state index in [-0.39, 0.29) is 5.76 Å².